The van der Waals surface area contributed by atoms with Crippen molar-refractivity contribution in [2.24, 2.45) is 4.99 Å². The molecule has 2 heterocycles. The zero-order valence-corrected chi connectivity index (χ0v) is 11.1. The van der Waals surface area contributed by atoms with E-state index in [1.807, 2.05) is 6.92 Å². The van der Waals surface area contributed by atoms with Crippen molar-refractivity contribution in [3.8, 4) is 0 Å². The van der Waals surface area contributed by atoms with Crippen molar-refractivity contribution in [1.29, 1.82) is 0 Å². The van der Waals surface area contributed by atoms with Crippen LogP contribution < -0.4 is 10.9 Å². The number of nitrogens with zero attached hydrogens (tertiary/aromatic N) is 3. The molecule has 1 aliphatic rings. The van der Waals surface area contributed by atoms with Crippen LogP contribution in [-0.2, 0) is 6.42 Å². The summed E-state index contributed by atoms with van der Waals surface area (Å²) in [7, 11) is 0. The van der Waals surface area contributed by atoms with E-state index < -0.39 is 0 Å². The van der Waals surface area contributed by atoms with Gasteiger partial charge in [0.2, 0.25) is 0 Å². The maximum absolute atomic E-state index is 6.01. The normalized spacial score (nSPS) is 21.9. The minimum Gasteiger partial charge on any atom is -0.309 e. The molecule has 0 aromatic carbocycles. The zero-order valence-electron chi connectivity index (χ0n) is 9.59. The third kappa shape index (κ3) is 2.86. The Hall–Kier alpha value is -0.910. The third-order valence-corrected chi connectivity index (χ3v) is 3.07. The Balaban J connectivity index is 2.28. The summed E-state index contributed by atoms with van der Waals surface area (Å²) < 4.78 is 0. The second kappa shape index (κ2) is 5.16. The number of hydrogen-bond acceptors (Lipinski definition) is 4. The summed E-state index contributed by atoms with van der Waals surface area (Å²) in [5.74, 6) is 1.07. The molecule has 17 heavy (non-hydrogen) atoms. The molecule has 0 radical (unpaired) electrons. The second-order valence-electron chi connectivity index (χ2n) is 3.87. The third-order valence-electron chi connectivity index (χ3n) is 2.45. The highest BCUT2D eigenvalue weighted by molar-refractivity contribution is 6.34. The Morgan fingerprint density at radius 1 is 1.35 bits per heavy atom. The van der Waals surface area contributed by atoms with Crippen LogP contribution in [0.5, 0.6) is 0 Å². The highest BCUT2D eigenvalue weighted by Gasteiger charge is 2.16. The van der Waals surface area contributed by atoms with Gasteiger partial charge >= 0.3 is 0 Å². The van der Waals surface area contributed by atoms with Crippen molar-refractivity contribution in [2.45, 2.75) is 32.7 Å². The summed E-state index contributed by atoms with van der Waals surface area (Å²) in [5.41, 5.74) is 6.75. The molecule has 0 unspecified atom stereocenters. The minimum atomic E-state index is 0.288. The van der Waals surface area contributed by atoms with Crippen LogP contribution in [-0.4, -0.2) is 21.8 Å². The van der Waals surface area contributed by atoms with Crippen molar-refractivity contribution >= 4 is 35.0 Å². The first-order valence-corrected chi connectivity index (χ1v) is 6.16. The summed E-state index contributed by atoms with van der Waals surface area (Å²) in [6, 6.07) is 0.342. The molecule has 0 bridgehead atoms. The van der Waals surface area contributed by atoms with Crippen LogP contribution in [0.1, 0.15) is 25.8 Å². The van der Waals surface area contributed by atoms with Crippen molar-refractivity contribution in [3.63, 3.8) is 0 Å². The average Bonchev–Trinajstić information content (AvgIpc) is 2.63. The lowest BCUT2D eigenvalue weighted by Crippen LogP contribution is -2.29. The molecule has 0 aliphatic carbocycles. The van der Waals surface area contributed by atoms with E-state index in [4.69, 9.17) is 23.2 Å². The summed E-state index contributed by atoms with van der Waals surface area (Å²) >= 11 is 12.0. The highest BCUT2D eigenvalue weighted by atomic mass is 35.5. The predicted molar refractivity (Wildman–Crippen MR) is 68.9 cm³/mol. The average molecular weight is 274 g/mol. The number of amidine groups is 1. The van der Waals surface area contributed by atoms with Gasteiger partial charge in [0, 0.05) is 18.0 Å². The quantitative estimate of drug-likeness (QED) is 0.812. The first-order valence-electron chi connectivity index (χ1n) is 5.41. The molecule has 1 saturated heterocycles. The fourth-order valence-electron chi connectivity index (χ4n) is 1.56. The van der Waals surface area contributed by atoms with Gasteiger partial charge in [0.25, 0.3) is 5.95 Å². The fraction of sp³-hybridized carbons (Fsp3) is 0.500. The number of hydrogen-bond donors (Lipinski definition) is 2. The van der Waals surface area contributed by atoms with E-state index in [0.29, 0.717) is 22.8 Å². The lowest BCUT2D eigenvalue weighted by atomic mass is 10.2. The first kappa shape index (κ1) is 12.5. The van der Waals surface area contributed by atoms with E-state index in [1.54, 1.807) is 0 Å². The van der Waals surface area contributed by atoms with E-state index in [1.165, 1.54) is 0 Å². The molecule has 0 saturated carbocycles. The Morgan fingerprint density at radius 2 is 2.00 bits per heavy atom. The van der Waals surface area contributed by atoms with Crippen LogP contribution in [0.4, 0.5) is 5.95 Å². The lowest BCUT2D eigenvalue weighted by molar-refractivity contribution is 0.602. The molecule has 7 heteroatoms. The molecule has 1 atom stereocenters. The second-order valence-corrected chi connectivity index (χ2v) is 4.59. The summed E-state index contributed by atoms with van der Waals surface area (Å²) in [5, 5.41) is 0.733. The fourth-order valence-corrected chi connectivity index (χ4v) is 2.20. The minimum absolute atomic E-state index is 0.288. The van der Waals surface area contributed by atoms with Gasteiger partial charge in [-0.05, 0) is 13.3 Å². The van der Waals surface area contributed by atoms with E-state index in [9.17, 15) is 0 Å². The van der Waals surface area contributed by atoms with Gasteiger partial charge < -0.3 is 5.43 Å². The maximum Gasteiger partial charge on any atom is 0.253 e. The summed E-state index contributed by atoms with van der Waals surface area (Å²) in [4.78, 5) is 12.5. The molecule has 1 fully saturated rings. The molecule has 2 N–H and O–H groups in total. The number of rotatable bonds is 2. The van der Waals surface area contributed by atoms with Crippen LogP contribution in [0.2, 0.25) is 10.3 Å². The van der Waals surface area contributed by atoms with Gasteiger partial charge in [0.1, 0.15) is 16.1 Å². The highest BCUT2D eigenvalue weighted by Crippen LogP contribution is 2.24. The van der Waals surface area contributed by atoms with E-state index in [-0.39, 0.29) is 5.95 Å². The number of nitrogens with one attached hydrogen (secondary N) is 2. The Kier molecular flexibility index (Phi) is 3.81. The van der Waals surface area contributed by atoms with Gasteiger partial charge in [-0.25, -0.2) is 5.43 Å². The van der Waals surface area contributed by atoms with Crippen LogP contribution >= 0.6 is 23.2 Å². The monoisotopic (exact) mass is 273 g/mol. The van der Waals surface area contributed by atoms with E-state index in [2.05, 4.69) is 32.7 Å². The predicted octanol–water partition coefficient (Wildman–Crippen LogP) is 2.26. The Morgan fingerprint density at radius 3 is 2.47 bits per heavy atom. The molecule has 92 valence electrons. The van der Waals surface area contributed by atoms with Crippen molar-refractivity contribution in [2.75, 3.05) is 0 Å². The Labute approximate surface area is 110 Å². The first-order chi connectivity index (χ1) is 8.10. The van der Waals surface area contributed by atoms with Crippen molar-refractivity contribution in [3.05, 3.63) is 15.9 Å². The Bertz CT molecular complexity index is 437. The standard InChI is InChI=1S/C10H13Cl2N5/c1-3-6-8(11)14-10(15-9(6)12)13-7-4-5(2)16-17-7/h5,16H,3-4H2,1-2H3,(H,13,14,15,17)/t5-/m1/s1. The molecule has 0 spiro atoms. The van der Waals surface area contributed by atoms with Gasteiger partial charge in [0.15, 0.2) is 0 Å². The van der Waals surface area contributed by atoms with Crippen molar-refractivity contribution < 1.29 is 0 Å². The zero-order chi connectivity index (χ0) is 12.4. The molecular formula is C10H13Cl2N5. The lowest BCUT2D eigenvalue weighted by Gasteiger charge is -2.03. The smallest absolute Gasteiger partial charge is 0.253 e. The largest absolute Gasteiger partial charge is 0.309 e. The molecular weight excluding hydrogens is 261 g/mol. The van der Waals surface area contributed by atoms with E-state index >= 15 is 0 Å². The van der Waals surface area contributed by atoms with Crippen LogP contribution in [0.25, 0.3) is 0 Å². The van der Waals surface area contributed by atoms with Crippen LogP contribution in [0.3, 0.4) is 0 Å². The van der Waals surface area contributed by atoms with Gasteiger partial charge in [0.05, 0.1) is 0 Å². The SMILES string of the molecule is CCc1c(Cl)nc(N=C2C[C@@H](C)NN2)nc1Cl. The molecule has 2 rings (SSSR count). The number of hydrazine groups is 1. The van der Waals surface area contributed by atoms with Crippen LogP contribution in [0, 0.1) is 0 Å². The van der Waals surface area contributed by atoms with Gasteiger partial charge in [-0.3, -0.25) is 0 Å². The van der Waals surface area contributed by atoms with Crippen molar-refractivity contribution in [1.82, 2.24) is 20.8 Å². The number of aliphatic imine (C=N–C) groups is 1. The summed E-state index contributed by atoms with van der Waals surface area (Å²) in [6.45, 7) is 4.00. The van der Waals surface area contributed by atoms with Crippen LogP contribution in [0.15, 0.2) is 4.99 Å². The van der Waals surface area contributed by atoms with Gasteiger partial charge in [-0.2, -0.15) is 15.0 Å². The van der Waals surface area contributed by atoms with Gasteiger partial charge in [-0.15, -0.1) is 0 Å². The molecule has 1 aromatic heterocycles. The molecule has 1 aliphatic heterocycles. The number of aromatic nitrogens is 2. The molecule has 0 amide bonds. The topological polar surface area (TPSA) is 62.2 Å². The molecule has 5 nitrogen and oxygen atoms in total. The van der Waals surface area contributed by atoms with E-state index in [0.717, 1.165) is 17.8 Å². The van der Waals surface area contributed by atoms with Gasteiger partial charge in [-0.1, -0.05) is 30.1 Å². The maximum atomic E-state index is 6.01. The molecule has 1 aromatic rings. The summed E-state index contributed by atoms with van der Waals surface area (Å²) in [6.07, 6.45) is 1.50. The number of halogens is 2.